The first-order valence-corrected chi connectivity index (χ1v) is 8.65. The van der Waals surface area contributed by atoms with Gasteiger partial charge in [-0.2, -0.15) is 0 Å². The largest absolute Gasteiger partial charge is 0.494 e. The number of nitrogens with zero attached hydrogens (tertiary/aromatic N) is 1. The van der Waals surface area contributed by atoms with Crippen molar-refractivity contribution in [3.8, 4) is 5.75 Å². The van der Waals surface area contributed by atoms with E-state index in [4.69, 9.17) is 4.74 Å². The molecule has 0 aliphatic rings. The highest BCUT2D eigenvalue weighted by Gasteiger charge is 2.11. The minimum Gasteiger partial charge on any atom is -0.494 e. The van der Waals surface area contributed by atoms with Gasteiger partial charge in [-0.3, -0.25) is 0 Å². The number of ether oxygens (including phenoxy) is 1. The zero-order chi connectivity index (χ0) is 15.1. The SMILES string of the molecule is CCOc1ccc(C(CSc2ncccc2Br)NC)cc1. The molecule has 3 nitrogen and oxygen atoms in total. The molecule has 0 fully saturated rings. The van der Waals surface area contributed by atoms with Gasteiger partial charge in [-0.25, -0.2) is 4.98 Å². The first kappa shape index (κ1) is 16.3. The number of halogens is 1. The molecule has 0 aliphatic heterocycles. The normalized spacial score (nSPS) is 12.1. The zero-order valence-corrected chi connectivity index (χ0v) is 14.6. The number of benzene rings is 1. The lowest BCUT2D eigenvalue weighted by Gasteiger charge is -2.17. The number of hydrogen-bond donors (Lipinski definition) is 1. The van der Waals surface area contributed by atoms with Gasteiger partial charge in [0.2, 0.25) is 0 Å². The van der Waals surface area contributed by atoms with Crippen LogP contribution in [0.25, 0.3) is 0 Å². The average Bonchev–Trinajstić information content (AvgIpc) is 2.51. The van der Waals surface area contributed by atoms with Gasteiger partial charge in [0.1, 0.15) is 10.8 Å². The second-order valence-electron chi connectivity index (χ2n) is 4.44. The Balaban J connectivity index is 2.01. The molecule has 0 saturated carbocycles. The first-order chi connectivity index (χ1) is 10.2. The summed E-state index contributed by atoms with van der Waals surface area (Å²) in [6.45, 7) is 2.68. The number of hydrogen-bond acceptors (Lipinski definition) is 4. The molecule has 112 valence electrons. The Bertz CT molecular complexity index is 562. The van der Waals surface area contributed by atoms with E-state index < -0.39 is 0 Å². The van der Waals surface area contributed by atoms with E-state index in [2.05, 4.69) is 38.4 Å². The van der Waals surface area contributed by atoms with Gasteiger partial charge in [0.15, 0.2) is 0 Å². The molecule has 0 saturated heterocycles. The Morgan fingerprint density at radius 2 is 2.05 bits per heavy atom. The van der Waals surface area contributed by atoms with Crippen molar-refractivity contribution in [3.63, 3.8) is 0 Å². The second-order valence-corrected chi connectivity index (χ2v) is 6.31. The summed E-state index contributed by atoms with van der Waals surface area (Å²) in [6, 6.07) is 12.5. The molecule has 21 heavy (non-hydrogen) atoms. The molecular formula is C16H19BrN2OS. The van der Waals surface area contributed by atoms with Crippen LogP contribution in [0, 0.1) is 0 Å². The van der Waals surface area contributed by atoms with E-state index in [-0.39, 0.29) is 6.04 Å². The van der Waals surface area contributed by atoms with E-state index in [1.54, 1.807) is 11.8 Å². The third kappa shape index (κ3) is 4.73. The Morgan fingerprint density at radius 3 is 2.67 bits per heavy atom. The Labute approximate surface area is 138 Å². The van der Waals surface area contributed by atoms with E-state index in [1.165, 1.54) is 5.56 Å². The van der Waals surface area contributed by atoms with Crippen molar-refractivity contribution in [2.45, 2.75) is 18.0 Å². The third-order valence-corrected chi connectivity index (χ3v) is 5.05. The van der Waals surface area contributed by atoms with Gasteiger partial charge >= 0.3 is 0 Å². The van der Waals surface area contributed by atoms with Crippen LogP contribution in [-0.2, 0) is 0 Å². The molecule has 0 radical (unpaired) electrons. The third-order valence-electron chi connectivity index (χ3n) is 3.05. The summed E-state index contributed by atoms with van der Waals surface area (Å²) in [7, 11) is 1.98. The summed E-state index contributed by atoms with van der Waals surface area (Å²) in [4.78, 5) is 4.38. The maximum atomic E-state index is 5.48. The monoisotopic (exact) mass is 366 g/mol. The first-order valence-electron chi connectivity index (χ1n) is 6.88. The van der Waals surface area contributed by atoms with Crippen molar-refractivity contribution in [2.24, 2.45) is 0 Å². The Kier molecular flexibility index (Phi) is 6.54. The van der Waals surface area contributed by atoms with Crippen molar-refractivity contribution in [2.75, 3.05) is 19.4 Å². The van der Waals surface area contributed by atoms with Crippen LogP contribution in [0.15, 0.2) is 52.1 Å². The number of aromatic nitrogens is 1. The highest BCUT2D eigenvalue weighted by atomic mass is 79.9. The summed E-state index contributed by atoms with van der Waals surface area (Å²) < 4.78 is 6.52. The minimum atomic E-state index is 0.277. The molecule has 1 aromatic heterocycles. The van der Waals surface area contributed by atoms with Crippen LogP contribution in [0.2, 0.25) is 0 Å². The highest BCUT2D eigenvalue weighted by Crippen LogP contribution is 2.29. The van der Waals surface area contributed by atoms with E-state index in [0.29, 0.717) is 6.61 Å². The van der Waals surface area contributed by atoms with Crippen LogP contribution in [0.1, 0.15) is 18.5 Å². The van der Waals surface area contributed by atoms with Crippen molar-refractivity contribution in [1.29, 1.82) is 0 Å². The van der Waals surface area contributed by atoms with Crippen LogP contribution in [0.4, 0.5) is 0 Å². The molecule has 1 heterocycles. The Hall–Kier alpha value is -1.04. The van der Waals surface area contributed by atoms with Crippen molar-refractivity contribution in [1.82, 2.24) is 10.3 Å². The van der Waals surface area contributed by atoms with E-state index in [1.807, 2.05) is 44.4 Å². The quantitative estimate of drug-likeness (QED) is 0.740. The van der Waals surface area contributed by atoms with Gasteiger partial charge in [-0.15, -0.1) is 11.8 Å². The van der Waals surface area contributed by atoms with E-state index >= 15 is 0 Å². The maximum absolute atomic E-state index is 5.48. The highest BCUT2D eigenvalue weighted by molar-refractivity contribution is 9.10. The van der Waals surface area contributed by atoms with Gasteiger partial charge in [0, 0.05) is 22.5 Å². The minimum absolute atomic E-state index is 0.277. The van der Waals surface area contributed by atoms with Crippen LogP contribution in [-0.4, -0.2) is 24.4 Å². The maximum Gasteiger partial charge on any atom is 0.119 e. The van der Waals surface area contributed by atoms with Crippen LogP contribution in [0.3, 0.4) is 0 Å². The summed E-state index contributed by atoms with van der Waals surface area (Å²) in [5, 5.41) is 4.37. The fourth-order valence-corrected chi connectivity index (χ4v) is 3.57. The molecule has 2 rings (SSSR count). The molecule has 0 aliphatic carbocycles. The van der Waals surface area contributed by atoms with Gasteiger partial charge in [-0.1, -0.05) is 12.1 Å². The molecule has 1 aromatic carbocycles. The molecule has 1 N–H and O–H groups in total. The van der Waals surface area contributed by atoms with Gasteiger partial charge in [-0.05, 0) is 59.7 Å². The lowest BCUT2D eigenvalue weighted by atomic mass is 10.1. The summed E-state index contributed by atoms with van der Waals surface area (Å²) >= 11 is 5.27. The lowest BCUT2D eigenvalue weighted by Crippen LogP contribution is -2.18. The number of nitrogens with one attached hydrogen (secondary N) is 1. The van der Waals surface area contributed by atoms with Crippen molar-refractivity contribution >= 4 is 27.7 Å². The van der Waals surface area contributed by atoms with E-state index in [0.717, 1.165) is 21.0 Å². The molecule has 5 heteroatoms. The summed E-state index contributed by atoms with van der Waals surface area (Å²) in [5.74, 6) is 1.83. The van der Waals surface area contributed by atoms with E-state index in [9.17, 15) is 0 Å². The topological polar surface area (TPSA) is 34.1 Å². The van der Waals surface area contributed by atoms with Crippen LogP contribution in [0.5, 0.6) is 5.75 Å². The number of rotatable bonds is 7. The van der Waals surface area contributed by atoms with Crippen LogP contribution >= 0.6 is 27.7 Å². The smallest absolute Gasteiger partial charge is 0.119 e. The molecule has 2 aromatic rings. The summed E-state index contributed by atoms with van der Waals surface area (Å²) in [6.07, 6.45) is 1.82. The molecule has 1 atom stereocenters. The van der Waals surface area contributed by atoms with Crippen LogP contribution < -0.4 is 10.1 Å². The van der Waals surface area contributed by atoms with Gasteiger partial charge < -0.3 is 10.1 Å². The lowest BCUT2D eigenvalue weighted by molar-refractivity contribution is 0.340. The fraction of sp³-hybridized carbons (Fsp3) is 0.312. The predicted octanol–water partition coefficient (Wildman–Crippen LogP) is 4.30. The Morgan fingerprint density at radius 1 is 1.29 bits per heavy atom. The molecule has 0 amide bonds. The molecule has 0 spiro atoms. The second kappa shape index (κ2) is 8.41. The summed E-state index contributed by atoms with van der Waals surface area (Å²) in [5.41, 5.74) is 1.25. The zero-order valence-electron chi connectivity index (χ0n) is 12.2. The van der Waals surface area contributed by atoms with Crippen molar-refractivity contribution in [3.05, 3.63) is 52.6 Å². The standard InChI is InChI=1S/C16H19BrN2OS/c1-3-20-13-8-6-12(7-9-13)15(18-2)11-21-16-14(17)5-4-10-19-16/h4-10,15,18H,3,11H2,1-2H3. The predicted molar refractivity (Wildman–Crippen MR) is 92.1 cm³/mol. The molecular weight excluding hydrogens is 348 g/mol. The molecule has 0 bridgehead atoms. The fourth-order valence-electron chi connectivity index (χ4n) is 1.95. The van der Waals surface area contributed by atoms with Crippen molar-refractivity contribution < 1.29 is 4.74 Å². The van der Waals surface area contributed by atoms with Gasteiger partial charge in [0.25, 0.3) is 0 Å². The van der Waals surface area contributed by atoms with Gasteiger partial charge in [0.05, 0.1) is 6.61 Å². The molecule has 1 unspecified atom stereocenters. The number of pyridine rings is 1. The number of thioether (sulfide) groups is 1. The average molecular weight is 367 g/mol.